The van der Waals surface area contributed by atoms with Gasteiger partial charge in [-0.1, -0.05) is 11.6 Å². The van der Waals surface area contributed by atoms with Gasteiger partial charge in [-0.25, -0.2) is 9.78 Å². The molecule has 1 aromatic rings. The Bertz CT molecular complexity index is 422. The summed E-state index contributed by atoms with van der Waals surface area (Å²) in [5.41, 5.74) is -0.987. The molecule has 1 unspecified atom stereocenters. The van der Waals surface area contributed by atoms with Gasteiger partial charge in [0.05, 0.1) is 12.4 Å². The molecule has 1 heterocycles. The quantitative estimate of drug-likeness (QED) is 0.841. The largest absolute Gasteiger partial charge is 0.480 e. The molecular formula is C10H12ClN3O2. The molecule has 0 amide bonds. The molecule has 1 aliphatic rings. The van der Waals surface area contributed by atoms with Crippen LogP contribution >= 0.6 is 11.6 Å². The predicted octanol–water partition coefficient (Wildman–Crippen LogP) is 1.80. The fourth-order valence-electron chi connectivity index (χ4n) is 1.66. The highest BCUT2D eigenvalue weighted by atomic mass is 35.5. The van der Waals surface area contributed by atoms with E-state index in [0.717, 1.165) is 12.8 Å². The van der Waals surface area contributed by atoms with Crippen molar-refractivity contribution in [3.8, 4) is 0 Å². The van der Waals surface area contributed by atoms with Crippen molar-refractivity contribution in [1.82, 2.24) is 9.97 Å². The second kappa shape index (κ2) is 3.90. The van der Waals surface area contributed by atoms with E-state index in [4.69, 9.17) is 11.6 Å². The SMILES string of the molecule is CC(Nc1cncc(Cl)n1)(C(=O)O)C1CC1. The van der Waals surface area contributed by atoms with Crippen LogP contribution in [0.15, 0.2) is 12.4 Å². The number of carboxylic acids is 1. The van der Waals surface area contributed by atoms with Gasteiger partial charge < -0.3 is 10.4 Å². The zero-order valence-corrected chi connectivity index (χ0v) is 9.53. The van der Waals surface area contributed by atoms with Crippen molar-refractivity contribution in [2.45, 2.75) is 25.3 Å². The normalized spacial score (nSPS) is 18.9. The topological polar surface area (TPSA) is 75.1 Å². The molecule has 5 nitrogen and oxygen atoms in total. The molecule has 86 valence electrons. The summed E-state index contributed by atoms with van der Waals surface area (Å²) in [6.45, 7) is 1.66. The molecule has 0 aliphatic heterocycles. The van der Waals surface area contributed by atoms with Crippen LogP contribution < -0.4 is 5.32 Å². The number of aromatic nitrogens is 2. The molecule has 2 N–H and O–H groups in total. The predicted molar refractivity (Wildman–Crippen MR) is 59.4 cm³/mol. The van der Waals surface area contributed by atoms with Crippen LogP contribution in [0.2, 0.25) is 5.15 Å². The first-order valence-corrected chi connectivity index (χ1v) is 5.39. The Morgan fingerprint density at radius 1 is 1.62 bits per heavy atom. The summed E-state index contributed by atoms with van der Waals surface area (Å²) in [6.07, 6.45) is 4.71. The summed E-state index contributed by atoms with van der Waals surface area (Å²) in [5.74, 6) is -0.341. The minimum absolute atomic E-state index is 0.144. The lowest BCUT2D eigenvalue weighted by molar-refractivity contribution is -0.142. The van der Waals surface area contributed by atoms with Gasteiger partial charge in [-0.3, -0.25) is 4.98 Å². The third-order valence-electron chi connectivity index (χ3n) is 2.83. The number of hydrogen-bond acceptors (Lipinski definition) is 4. The van der Waals surface area contributed by atoms with Crippen LogP contribution in [-0.4, -0.2) is 26.6 Å². The van der Waals surface area contributed by atoms with Gasteiger partial charge in [-0.2, -0.15) is 0 Å². The van der Waals surface area contributed by atoms with Crippen molar-refractivity contribution in [2.75, 3.05) is 5.32 Å². The van der Waals surface area contributed by atoms with Crippen LogP contribution in [0.5, 0.6) is 0 Å². The monoisotopic (exact) mass is 241 g/mol. The number of nitrogens with one attached hydrogen (secondary N) is 1. The molecule has 0 spiro atoms. The number of aliphatic carboxylic acids is 1. The van der Waals surface area contributed by atoms with Crippen LogP contribution in [0.3, 0.4) is 0 Å². The Morgan fingerprint density at radius 3 is 2.81 bits per heavy atom. The molecule has 2 rings (SSSR count). The molecule has 0 radical (unpaired) electrons. The van der Waals surface area contributed by atoms with Gasteiger partial charge in [0.15, 0.2) is 0 Å². The molecule has 0 saturated heterocycles. The number of rotatable bonds is 4. The third-order valence-corrected chi connectivity index (χ3v) is 3.01. The summed E-state index contributed by atoms with van der Waals surface area (Å²) in [5, 5.41) is 12.4. The molecule has 0 bridgehead atoms. The summed E-state index contributed by atoms with van der Waals surface area (Å²) in [7, 11) is 0. The van der Waals surface area contributed by atoms with E-state index in [-0.39, 0.29) is 11.1 Å². The van der Waals surface area contributed by atoms with Crippen molar-refractivity contribution in [3.05, 3.63) is 17.5 Å². The molecule has 1 atom stereocenters. The van der Waals surface area contributed by atoms with Crippen molar-refractivity contribution in [2.24, 2.45) is 5.92 Å². The van der Waals surface area contributed by atoms with Gasteiger partial charge >= 0.3 is 5.97 Å². The van der Waals surface area contributed by atoms with Crippen LogP contribution in [0.25, 0.3) is 0 Å². The van der Waals surface area contributed by atoms with E-state index in [2.05, 4.69) is 15.3 Å². The van der Waals surface area contributed by atoms with Gasteiger partial charge in [-0.15, -0.1) is 0 Å². The summed E-state index contributed by atoms with van der Waals surface area (Å²) < 4.78 is 0. The number of hydrogen-bond donors (Lipinski definition) is 2. The molecule has 16 heavy (non-hydrogen) atoms. The fourth-order valence-corrected chi connectivity index (χ4v) is 1.81. The number of carboxylic acid groups (broad SMARTS) is 1. The van der Waals surface area contributed by atoms with E-state index < -0.39 is 11.5 Å². The van der Waals surface area contributed by atoms with E-state index in [1.807, 2.05) is 0 Å². The maximum absolute atomic E-state index is 11.2. The Balaban J connectivity index is 2.21. The fraction of sp³-hybridized carbons (Fsp3) is 0.500. The molecule has 0 aromatic carbocycles. The van der Waals surface area contributed by atoms with E-state index in [1.165, 1.54) is 12.4 Å². The number of carbonyl (C=O) groups is 1. The maximum atomic E-state index is 11.2. The van der Waals surface area contributed by atoms with Crippen LogP contribution in [0.4, 0.5) is 5.82 Å². The molecule has 6 heteroatoms. The van der Waals surface area contributed by atoms with E-state index in [9.17, 15) is 9.90 Å². The van der Waals surface area contributed by atoms with Gasteiger partial charge in [0.25, 0.3) is 0 Å². The van der Waals surface area contributed by atoms with Crippen molar-refractivity contribution < 1.29 is 9.90 Å². The smallest absolute Gasteiger partial charge is 0.329 e. The Morgan fingerprint density at radius 2 is 2.31 bits per heavy atom. The molecule has 1 fully saturated rings. The highest BCUT2D eigenvalue weighted by Gasteiger charge is 2.47. The lowest BCUT2D eigenvalue weighted by Crippen LogP contribution is -2.45. The standard InChI is InChI=1S/C10H12ClN3O2/c1-10(9(15)16,6-2-3-6)14-8-5-12-4-7(11)13-8/h4-6H,2-3H2,1H3,(H,13,14)(H,15,16). The number of nitrogens with zero attached hydrogens (tertiary/aromatic N) is 2. The van der Waals surface area contributed by atoms with Gasteiger partial charge in [-0.05, 0) is 25.7 Å². The summed E-state index contributed by atoms with van der Waals surface area (Å²) >= 11 is 5.69. The lowest BCUT2D eigenvalue weighted by Gasteiger charge is -2.26. The first-order valence-electron chi connectivity index (χ1n) is 5.01. The summed E-state index contributed by atoms with van der Waals surface area (Å²) in [6, 6.07) is 0. The maximum Gasteiger partial charge on any atom is 0.329 e. The highest BCUT2D eigenvalue weighted by Crippen LogP contribution is 2.41. The third kappa shape index (κ3) is 2.09. The van der Waals surface area contributed by atoms with E-state index in [0.29, 0.717) is 5.82 Å². The van der Waals surface area contributed by atoms with Crippen molar-refractivity contribution in [1.29, 1.82) is 0 Å². The highest BCUT2D eigenvalue weighted by molar-refractivity contribution is 6.29. The summed E-state index contributed by atoms with van der Waals surface area (Å²) in [4.78, 5) is 19.1. The molecular weight excluding hydrogens is 230 g/mol. The van der Waals surface area contributed by atoms with Crippen LogP contribution in [0, 0.1) is 5.92 Å². The second-order valence-electron chi connectivity index (χ2n) is 4.13. The van der Waals surface area contributed by atoms with Gasteiger partial charge in [0.2, 0.25) is 0 Å². The van der Waals surface area contributed by atoms with E-state index in [1.54, 1.807) is 6.92 Å². The lowest BCUT2D eigenvalue weighted by atomic mass is 9.96. The van der Waals surface area contributed by atoms with E-state index >= 15 is 0 Å². The van der Waals surface area contributed by atoms with Crippen molar-refractivity contribution in [3.63, 3.8) is 0 Å². The first kappa shape index (κ1) is 11.1. The molecule has 1 saturated carbocycles. The van der Waals surface area contributed by atoms with Crippen LogP contribution in [0.1, 0.15) is 19.8 Å². The number of halogens is 1. The average Bonchev–Trinajstić information content (AvgIpc) is 3.00. The Hall–Kier alpha value is -1.36. The number of anilines is 1. The Labute approximate surface area is 97.9 Å². The Kier molecular flexibility index (Phi) is 2.71. The average molecular weight is 242 g/mol. The molecule has 1 aliphatic carbocycles. The minimum atomic E-state index is -0.987. The second-order valence-corrected chi connectivity index (χ2v) is 4.52. The minimum Gasteiger partial charge on any atom is -0.480 e. The van der Waals surface area contributed by atoms with Gasteiger partial charge in [0.1, 0.15) is 16.5 Å². The first-order chi connectivity index (χ1) is 7.52. The van der Waals surface area contributed by atoms with Crippen molar-refractivity contribution >= 4 is 23.4 Å². The van der Waals surface area contributed by atoms with Crippen LogP contribution in [-0.2, 0) is 4.79 Å². The zero-order valence-electron chi connectivity index (χ0n) is 8.77. The van der Waals surface area contributed by atoms with Gasteiger partial charge in [0, 0.05) is 0 Å². The zero-order chi connectivity index (χ0) is 11.8. The molecule has 1 aromatic heterocycles.